The number of anilines is 1. The van der Waals surface area contributed by atoms with Gasteiger partial charge in [0.25, 0.3) is 0 Å². The maximum Gasteiger partial charge on any atom is 0.308 e. The number of aliphatic carboxylic acids is 1. The molecule has 1 aromatic carbocycles. The number of nitrogens with zero attached hydrogens (tertiary/aromatic N) is 2. The van der Waals surface area contributed by atoms with E-state index >= 15 is 0 Å². The van der Waals surface area contributed by atoms with Crippen LogP contribution in [0.3, 0.4) is 0 Å². The van der Waals surface area contributed by atoms with Crippen molar-refractivity contribution in [3.8, 4) is 6.07 Å². The van der Waals surface area contributed by atoms with Crippen LogP contribution in [0, 0.1) is 24.2 Å². The van der Waals surface area contributed by atoms with E-state index in [4.69, 9.17) is 10.4 Å². The van der Waals surface area contributed by atoms with Gasteiger partial charge in [0.05, 0.1) is 17.2 Å². The van der Waals surface area contributed by atoms with Crippen molar-refractivity contribution in [2.45, 2.75) is 13.8 Å². The molecule has 4 nitrogen and oxygen atoms in total. The zero-order valence-electron chi connectivity index (χ0n) is 10.3. The molecule has 0 heterocycles. The van der Waals surface area contributed by atoms with Gasteiger partial charge in [-0.2, -0.15) is 5.26 Å². The molecule has 4 heteroatoms. The van der Waals surface area contributed by atoms with Crippen LogP contribution in [0.2, 0.25) is 0 Å². The predicted molar refractivity (Wildman–Crippen MR) is 66.0 cm³/mol. The molecular weight excluding hydrogens is 216 g/mol. The Morgan fingerprint density at radius 3 is 2.76 bits per heavy atom. The molecule has 0 radical (unpaired) electrons. The quantitative estimate of drug-likeness (QED) is 0.862. The first-order chi connectivity index (χ1) is 7.95. The van der Waals surface area contributed by atoms with Crippen molar-refractivity contribution in [3.63, 3.8) is 0 Å². The number of hydrogen-bond donors (Lipinski definition) is 1. The molecule has 17 heavy (non-hydrogen) atoms. The summed E-state index contributed by atoms with van der Waals surface area (Å²) < 4.78 is 0. The maximum atomic E-state index is 10.8. The first-order valence-corrected chi connectivity index (χ1v) is 5.40. The number of hydrogen-bond acceptors (Lipinski definition) is 3. The smallest absolute Gasteiger partial charge is 0.308 e. The number of rotatable bonds is 4. The lowest BCUT2D eigenvalue weighted by atomic mass is 10.1. The number of carboxylic acid groups (broad SMARTS) is 1. The van der Waals surface area contributed by atoms with Crippen LogP contribution in [0.25, 0.3) is 0 Å². The highest BCUT2D eigenvalue weighted by molar-refractivity contribution is 5.71. The van der Waals surface area contributed by atoms with E-state index in [0.29, 0.717) is 12.1 Å². The minimum absolute atomic E-state index is 0.382. The first kappa shape index (κ1) is 13.0. The summed E-state index contributed by atoms with van der Waals surface area (Å²) in [7, 11) is 1.80. The van der Waals surface area contributed by atoms with Gasteiger partial charge in [0, 0.05) is 13.6 Å². The van der Waals surface area contributed by atoms with Gasteiger partial charge in [-0.05, 0) is 24.6 Å². The molecule has 90 valence electrons. The third-order valence-corrected chi connectivity index (χ3v) is 2.65. The summed E-state index contributed by atoms with van der Waals surface area (Å²) >= 11 is 0. The van der Waals surface area contributed by atoms with E-state index in [-0.39, 0.29) is 0 Å². The summed E-state index contributed by atoms with van der Waals surface area (Å²) in [5.41, 5.74) is 2.39. The van der Waals surface area contributed by atoms with Gasteiger partial charge in [-0.25, -0.2) is 0 Å². The van der Waals surface area contributed by atoms with E-state index in [2.05, 4.69) is 6.07 Å². The molecule has 0 spiro atoms. The van der Waals surface area contributed by atoms with Crippen LogP contribution in [0.4, 0.5) is 5.69 Å². The second-order valence-corrected chi connectivity index (χ2v) is 4.25. The van der Waals surface area contributed by atoms with Crippen molar-refractivity contribution in [1.82, 2.24) is 0 Å². The van der Waals surface area contributed by atoms with E-state index in [1.807, 2.05) is 24.0 Å². The number of carboxylic acids is 1. The first-order valence-electron chi connectivity index (χ1n) is 5.40. The lowest BCUT2D eigenvalue weighted by Gasteiger charge is -2.22. The van der Waals surface area contributed by atoms with E-state index in [1.165, 1.54) is 0 Å². The fourth-order valence-corrected chi connectivity index (χ4v) is 1.64. The molecule has 0 saturated heterocycles. The summed E-state index contributed by atoms with van der Waals surface area (Å²) in [6, 6.07) is 7.64. The molecule has 1 rings (SSSR count). The lowest BCUT2D eigenvalue weighted by Crippen LogP contribution is -2.28. The van der Waals surface area contributed by atoms with Crippen LogP contribution in [0.5, 0.6) is 0 Å². The lowest BCUT2D eigenvalue weighted by molar-refractivity contribution is -0.140. The number of benzene rings is 1. The van der Waals surface area contributed by atoms with Crippen LogP contribution >= 0.6 is 0 Å². The van der Waals surface area contributed by atoms with Crippen LogP contribution in [-0.4, -0.2) is 24.7 Å². The molecular formula is C13H16N2O2. The van der Waals surface area contributed by atoms with E-state index < -0.39 is 11.9 Å². The van der Waals surface area contributed by atoms with Crippen molar-refractivity contribution in [3.05, 3.63) is 29.3 Å². The molecule has 1 unspecified atom stereocenters. The normalized spacial score (nSPS) is 11.6. The van der Waals surface area contributed by atoms with Crippen molar-refractivity contribution >= 4 is 11.7 Å². The topological polar surface area (TPSA) is 64.3 Å². The fraction of sp³-hybridized carbons (Fsp3) is 0.385. The fourth-order valence-electron chi connectivity index (χ4n) is 1.64. The predicted octanol–water partition coefficient (Wildman–Crippen LogP) is 2.02. The molecule has 1 atom stereocenters. The monoisotopic (exact) mass is 232 g/mol. The van der Waals surface area contributed by atoms with Crippen molar-refractivity contribution in [2.75, 3.05) is 18.5 Å². The van der Waals surface area contributed by atoms with Crippen molar-refractivity contribution in [1.29, 1.82) is 5.26 Å². The Labute approximate surface area is 101 Å². The van der Waals surface area contributed by atoms with Gasteiger partial charge in [0.2, 0.25) is 0 Å². The Balaban J connectivity index is 2.96. The van der Waals surface area contributed by atoms with Gasteiger partial charge in [0.15, 0.2) is 0 Å². The van der Waals surface area contributed by atoms with E-state index in [9.17, 15) is 4.79 Å². The number of carbonyl (C=O) groups is 1. The Morgan fingerprint density at radius 1 is 1.59 bits per heavy atom. The third kappa shape index (κ3) is 3.22. The van der Waals surface area contributed by atoms with Gasteiger partial charge < -0.3 is 10.0 Å². The molecule has 0 fully saturated rings. The van der Waals surface area contributed by atoms with E-state index in [1.54, 1.807) is 20.0 Å². The van der Waals surface area contributed by atoms with E-state index in [0.717, 1.165) is 11.3 Å². The second kappa shape index (κ2) is 5.35. The van der Waals surface area contributed by atoms with Gasteiger partial charge in [-0.15, -0.1) is 0 Å². The van der Waals surface area contributed by atoms with Gasteiger partial charge >= 0.3 is 5.97 Å². The molecule has 1 aromatic rings. The van der Waals surface area contributed by atoms with Gasteiger partial charge in [-0.3, -0.25) is 4.79 Å². The molecule has 0 amide bonds. The minimum Gasteiger partial charge on any atom is -0.481 e. The Bertz CT molecular complexity index is 463. The van der Waals surface area contributed by atoms with Crippen LogP contribution in [0.1, 0.15) is 18.1 Å². The Morgan fingerprint density at radius 2 is 2.24 bits per heavy atom. The summed E-state index contributed by atoms with van der Waals surface area (Å²) in [6.45, 7) is 3.98. The summed E-state index contributed by atoms with van der Waals surface area (Å²) in [5.74, 6) is -1.30. The standard InChI is InChI=1S/C13H16N2O2/c1-9-4-5-11(7-14)12(6-9)15(3)8-10(2)13(16)17/h4-6,10H,8H2,1-3H3,(H,16,17). The zero-order chi connectivity index (χ0) is 13.0. The highest BCUT2D eigenvalue weighted by atomic mass is 16.4. The Hall–Kier alpha value is -2.02. The average molecular weight is 232 g/mol. The largest absolute Gasteiger partial charge is 0.481 e. The maximum absolute atomic E-state index is 10.8. The van der Waals surface area contributed by atoms with Crippen LogP contribution in [-0.2, 0) is 4.79 Å². The molecule has 0 saturated carbocycles. The highest BCUT2D eigenvalue weighted by Gasteiger charge is 2.15. The average Bonchev–Trinajstić information content (AvgIpc) is 2.28. The van der Waals surface area contributed by atoms with Crippen molar-refractivity contribution in [2.24, 2.45) is 5.92 Å². The molecule has 1 N–H and O–H groups in total. The third-order valence-electron chi connectivity index (χ3n) is 2.65. The van der Waals surface area contributed by atoms with Crippen LogP contribution in [0.15, 0.2) is 18.2 Å². The zero-order valence-corrected chi connectivity index (χ0v) is 10.3. The molecule has 0 aliphatic rings. The Kier molecular flexibility index (Phi) is 4.11. The van der Waals surface area contributed by atoms with Gasteiger partial charge in [0.1, 0.15) is 6.07 Å². The minimum atomic E-state index is -0.831. The van der Waals surface area contributed by atoms with Gasteiger partial charge in [-0.1, -0.05) is 13.0 Å². The number of aryl methyl sites for hydroxylation is 1. The molecule has 0 aromatic heterocycles. The molecule has 0 bridgehead atoms. The van der Waals surface area contributed by atoms with Crippen LogP contribution < -0.4 is 4.90 Å². The summed E-state index contributed by atoms with van der Waals surface area (Å²) in [4.78, 5) is 12.6. The SMILES string of the molecule is Cc1ccc(C#N)c(N(C)CC(C)C(=O)O)c1. The summed E-state index contributed by atoms with van der Waals surface area (Å²) in [6.07, 6.45) is 0. The van der Waals surface area contributed by atoms with Crippen molar-refractivity contribution < 1.29 is 9.90 Å². The highest BCUT2D eigenvalue weighted by Crippen LogP contribution is 2.21. The number of nitriles is 1. The molecule has 0 aliphatic carbocycles. The second-order valence-electron chi connectivity index (χ2n) is 4.25. The molecule has 0 aliphatic heterocycles. The summed E-state index contributed by atoms with van der Waals surface area (Å²) in [5, 5.41) is 17.9.